The van der Waals surface area contributed by atoms with Crippen molar-refractivity contribution >= 4 is 46.0 Å². The van der Waals surface area contributed by atoms with Crippen LogP contribution in [0.15, 0.2) is 18.2 Å². The molecule has 2 aromatic rings. The Morgan fingerprint density at radius 3 is 2.89 bits per heavy atom. The van der Waals surface area contributed by atoms with Gasteiger partial charge in [-0.3, -0.25) is 0 Å². The highest BCUT2D eigenvalue weighted by Crippen LogP contribution is 2.23. The van der Waals surface area contributed by atoms with E-state index in [-0.39, 0.29) is 0 Å². The van der Waals surface area contributed by atoms with E-state index >= 15 is 0 Å². The van der Waals surface area contributed by atoms with Crippen LogP contribution >= 0.6 is 35.0 Å². The van der Waals surface area contributed by atoms with E-state index in [4.69, 9.17) is 23.2 Å². The van der Waals surface area contributed by atoms with Crippen molar-refractivity contribution in [3.8, 4) is 0 Å². The van der Waals surface area contributed by atoms with Crippen molar-refractivity contribution in [1.29, 1.82) is 0 Å². The Morgan fingerprint density at radius 1 is 1.44 bits per heavy atom. The molecule has 0 bridgehead atoms. The zero-order valence-corrected chi connectivity index (χ0v) is 12.8. The van der Waals surface area contributed by atoms with Gasteiger partial charge in [-0.15, -0.1) is 11.6 Å². The summed E-state index contributed by atoms with van der Waals surface area (Å²) in [5.74, 6) is 3.06. The molecule has 0 N–H and O–H groups in total. The SMILES string of the molecule is CSCC(C)Cn1c(CCl)nc2ccc(Cl)cc21. The van der Waals surface area contributed by atoms with Crippen LogP contribution in [0.1, 0.15) is 12.7 Å². The number of benzene rings is 1. The number of aromatic nitrogens is 2. The molecule has 0 radical (unpaired) electrons. The second-order valence-electron chi connectivity index (χ2n) is 4.47. The monoisotopic (exact) mass is 302 g/mol. The quantitative estimate of drug-likeness (QED) is 0.761. The molecule has 0 saturated heterocycles. The Labute approximate surface area is 122 Å². The van der Waals surface area contributed by atoms with Crippen LogP contribution < -0.4 is 0 Å². The number of imidazole rings is 1. The van der Waals surface area contributed by atoms with Crippen LogP contribution in [0.25, 0.3) is 11.0 Å². The lowest BCUT2D eigenvalue weighted by Crippen LogP contribution is -2.12. The van der Waals surface area contributed by atoms with E-state index in [0.29, 0.717) is 11.8 Å². The van der Waals surface area contributed by atoms with Gasteiger partial charge in [0, 0.05) is 11.6 Å². The average Bonchev–Trinajstić information content (AvgIpc) is 2.67. The Bertz CT molecular complexity index is 539. The van der Waals surface area contributed by atoms with Gasteiger partial charge < -0.3 is 4.57 Å². The summed E-state index contributed by atoms with van der Waals surface area (Å²) in [7, 11) is 0. The highest BCUT2D eigenvalue weighted by Gasteiger charge is 2.12. The molecule has 18 heavy (non-hydrogen) atoms. The Hall–Kier alpha value is -0.380. The molecule has 1 heterocycles. The summed E-state index contributed by atoms with van der Waals surface area (Å²) in [5.41, 5.74) is 2.04. The molecule has 1 unspecified atom stereocenters. The second kappa shape index (κ2) is 6.18. The molecule has 0 saturated carbocycles. The summed E-state index contributed by atoms with van der Waals surface area (Å²) in [6.07, 6.45) is 2.13. The predicted octanol–water partition coefficient (Wildman–Crippen LogP) is 4.43. The summed E-state index contributed by atoms with van der Waals surface area (Å²) in [4.78, 5) is 4.55. The number of alkyl halides is 1. The summed E-state index contributed by atoms with van der Waals surface area (Å²) in [6, 6.07) is 5.78. The number of fused-ring (bicyclic) bond motifs is 1. The minimum Gasteiger partial charge on any atom is -0.327 e. The first kappa shape index (κ1) is 14.0. The molecule has 2 rings (SSSR count). The van der Waals surface area contributed by atoms with Crippen molar-refractivity contribution < 1.29 is 0 Å². The third kappa shape index (κ3) is 2.95. The van der Waals surface area contributed by atoms with Crippen LogP contribution in [0, 0.1) is 5.92 Å². The maximum Gasteiger partial charge on any atom is 0.124 e. The molecule has 2 nitrogen and oxygen atoms in total. The first-order chi connectivity index (χ1) is 8.65. The van der Waals surface area contributed by atoms with Crippen molar-refractivity contribution in [2.45, 2.75) is 19.3 Å². The van der Waals surface area contributed by atoms with Crippen LogP contribution in [-0.2, 0) is 12.4 Å². The molecule has 0 amide bonds. The number of hydrogen-bond acceptors (Lipinski definition) is 2. The van der Waals surface area contributed by atoms with E-state index in [1.165, 1.54) is 0 Å². The van der Waals surface area contributed by atoms with Crippen molar-refractivity contribution in [2.75, 3.05) is 12.0 Å². The zero-order valence-electron chi connectivity index (χ0n) is 10.5. The van der Waals surface area contributed by atoms with Crippen molar-refractivity contribution in [3.63, 3.8) is 0 Å². The maximum atomic E-state index is 6.06. The highest BCUT2D eigenvalue weighted by atomic mass is 35.5. The average molecular weight is 303 g/mol. The van der Waals surface area contributed by atoms with Gasteiger partial charge in [-0.1, -0.05) is 18.5 Å². The first-order valence-electron chi connectivity index (χ1n) is 5.85. The topological polar surface area (TPSA) is 17.8 Å². The van der Waals surface area contributed by atoms with Gasteiger partial charge in [0.25, 0.3) is 0 Å². The minimum atomic E-state index is 0.429. The van der Waals surface area contributed by atoms with Gasteiger partial charge in [-0.25, -0.2) is 4.98 Å². The molecule has 98 valence electrons. The molecule has 0 aliphatic heterocycles. The number of thioether (sulfide) groups is 1. The van der Waals surface area contributed by atoms with Gasteiger partial charge in [0.05, 0.1) is 16.9 Å². The smallest absolute Gasteiger partial charge is 0.124 e. The lowest BCUT2D eigenvalue weighted by Gasteiger charge is -2.13. The van der Waals surface area contributed by atoms with Crippen molar-refractivity contribution in [1.82, 2.24) is 9.55 Å². The molecule has 5 heteroatoms. The largest absolute Gasteiger partial charge is 0.327 e. The van der Waals surface area contributed by atoms with Crippen molar-refractivity contribution in [2.24, 2.45) is 5.92 Å². The molecule has 1 atom stereocenters. The van der Waals surface area contributed by atoms with E-state index in [1.54, 1.807) is 0 Å². The van der Waals surface area contributed by atoms with E-state index in [1.807, 2.05) is 30.0 Å². The molecule has 0 fully saturated rings. The third-order valence-electron chi connectivity index (χ3n) is 2.85. The first-order valence-corrected chi connectivity index (χ1v) is 8.16. The van der Waals surface area contributed by atoms with Gasteiger partial charge in [-0.05, 0) is 36.1 Å². The molecule has 1 aromatic carbocycles. The summed E-state index contributed by atoms with van der Waals surface area (Å²) in [6.45, 7) is 3.17. The molecular formula is C13H16Cl2N2S. The maximum absolute atomic E-state index is 6.06. The van der Waals surface area contributed by atoms with Crippen LogP contribution in [0.3, 0.4) is 0 Å². The van der Waals surface area contributed by atoms with Gasteiger partial charge in [0.2, 0.25) is 0 Å². The number of nitrogens with zero attached hydrogens (tertiary/aromatic N) is 2. The second-order valence-corrected chi connectivity index (χ2v) is 6.08. The molecular weight excluding hydrogens is 287 g/mol. The Kier molecular flexibility index (Phi) is 4.82. The highest BCUT2D eigenvalue weighted by molar-refractivity contribution is 7.98. The van der Waals surface area contributed by atoms with Crippen LogP contribution in [0.5, 0.6) is 0 Å². The lowest BCUT2D eigenvalue weighted by molar-refractivity contribution is 0.530. The fourth-order valence-electron chi connectivity index (χ4n) is 2.10. The summed E-state index contributed by atoms with van der Waals surface area (Å²) in [5, 5.41) is 0.738. The van der Waals surface area contributed by atoms with Crippen LogP contribution in [-0.4, -0.2) is 21.6 Å². The van der Waals surface area contributed by atoms with Crippen LogP contribution in [0.4, 0.5) is 0 Å². The lowest BCUT2D eigenvalue weighted by atomic mass is 10.2. The normalized spacial score (nSPS) is 13.1. The fraction of sp³-hybridized carbons (Fsp3) is 0.462. The molecule has 1 aromatic heterocycles. The van der Waals surface area contributed by atoms with E-state index in [2.05, 4.69) is 22.7 Å². The third-order valence-corrected chi connectivity index (χ3v) is 4.23. The summed E-state index contributed by atoms with van der Waals surface area (Å²) < 4.78 is 2.19. The number of hydrogen-bond donors (Lipinski definition) is 0. The van der Waals surface area contributed by atoms with Gasteiger partial charge in [0.15, 0.2) is 0 Å². The van der Waals surface area contributed by atoms with E-state index < -0.39 is 0 Å². The molecule has 0 aliphatic rings. The minimum absolute atomic E-state index is 0.429. The molecule has 0 aliphatic carbocycles. The van der Waals surface area contributed by atoms with Gasteiger partial charge in [-0.2, -0.15) is 11.8 Å². The zero-order chi connectivity index (χ0) is 13.1. The fourth-order valence-corrected chi connectivity index (χ4v) is 3.15. The van der Waals surface area contributed by atoms with Crippen molar-refractivity contribution in [3.05, 3.63) is 29.0 Å². The summed E-state index contributed by atoms with van der Waals surface area (Å²) >= 11 is 13.9. The van der Waals surface area contributed by atoms with E-state index in [9.17, 15) is 0 Å². The predicted molar refractivity (Wildman–Crippen MR) is 81.8 cm³/mol. The standard InChI is InChI=1S/C13H16Cl2N2S/c1-9(8-18-2)7-17-12-5-10(15)3-4-11(12)16-13(17)6-14/h3-5,9H,6-8H2,1-2H3. The Morgan fingerprint density at radius 2 is 2.22 bits per heavy atom. The van der Waals surface area contributed by atoms with E-state index in [0.717, 1.165) is 34.2 Å². The van der Waals surface area contributed by atoms with Gasteiger partial charge in [0.1, 0.15) is 5.82 Å². The Balaban J connectivity index is 2.42. The van der Waals surface area contributed by atoms with Crippen LogP contribution in [0.2, 0.25) is 5.02 Å². The molecule has 0 spiro atoms. The number of halogens is 2. The number of rotatable bonds is 5. The van der Waals surface area contributed by atoms with Gasteiger partial charge >= 0.3 is 0 Å².